The first-order chi connectivity index (χ1) is 7.81. The summed E-state index contributed by atoms with van der Waals surface area (Å²) in [6, 6.07) is -1.66. The topological polar surface area (TPSA) is 95.5 Å². The molecular weight excluding hydrogens is 224 g/mol. The van der Waals surface area contributed by atoms with E-state index in [-0.39, 0.29) is 11.8 Å². The second kappa shape index (κ2) is 6.88. The first-order valence-electron chi connectivity index (χ1n) is 5.54. The normalized spacial score (nSPS) is 14.2. The van der Waals surface area contributed by atoms with Crippen LogP contribution in [-0.2, 0) is 14.4 Å². The third kappa shape index (κ3) is 4.84. The molecule has 0 aromatic heterocycles. The first kappa shape index (κ1) is 15.4. The van der Waals surface area contributed by atoms with Crippen LogP contribution in [0, 0.1) is 11.8 Å². The van der Waals surface area contributed by atoms with E-state index < -0.39 is 24.0 Å². The van der Waals surface area contributed by atoms with Gasteiger partial charge in [0.1, 0.15) is 12.1 Å². The molecule has 0 heterocycles. The van der Waals surface area contributed by atoms with Crippen LogP contribution in [0.15, 0.2) is 0 Å². The summed E-state index contributed by atoms with van der Waals surface area (Å²) in [7, 11) is 0. The van der Waals surface area contributed by atoms with Gasteiger partial charge in [0.05, 0.1) is 0 Å². The number of carboxylic acid groups (broad SMARTS) is 1. The lowest BCUT2D eigenvalue weighted by Crippen LogP contribution is -2.53. The van der Waals surface area contributed by atoms with Crippen LogP contribution in [0.5, 0.6) is 0 Å². The molecule has 17 heavy (non-hydrogen) atoms. The largest absolute Gasteiger partial charge is 0.480 e. The van der Waals surface area contributed by atoms with Gasteiger partial charge in [-0.25, -0.2) is 4.79 Å². The smallest absolute Gasteiger partial charge is 0.326 e. The van der Waals surface area contributed by atoms with Crippen molar-refractivity contribution < 1.29 is 19.5 Å². The van der Waals surface area contributed by atoms with Crippen LogP contribution in [0.4, 0.5) is 0 Å². The molecule has 0 saturated carbocycles. The van der Waals surface area contributed by atoms with Crippen molar-refractivity contribution in [2.45, 2.75) is 39.8 Å². The van der Waals surface area contributed by atoms with Gasteiger partial charge in [-0.2, -0.15) is 0 Å². The summed E-state index contributed by atoms with van der Waals surface area (Å²) >= 11 is 0. The summed E-state index contributed by atoms with van der Waals surface area (Å²) < 4.78 is 0. The van der Waals surface area contributed by atoms with Gasteiger partial charge in [-0.3, -0.25) is 9.59 Å². The minimum Gasteiger partial charge on any atom is -0.480 e. The summed E-state index contributed by atoms with van der Waals surface area (Å²) in [4.78, 5) is 33.1. The molecule has 0 fully saturated rings. The number of rotatable bonds is 7. The molecule has 0 spiro atoms. The van der Waals surface area contributed by atoms with Gasteiger partial charge in [-0.05, 0) is 11.8 Å². The molecule has 6 heteroatoms. The van der Waals surface area contributed by atoms with Crippen LogP contribution >= 0.6 is 0 Å². The second-order valence-corrected chi connectivity index (χ2v) is 4.57. The number of carbonyl (C=O) groups is 3. The highest BCUT2D eigenvalue weighted by Crippen LogP contribution is 2.05. The van der Waals surface area contributed by atoms with Gasteiger partial charge in [0.15, 0.2) is 0 Å². The zero-order valence-corrected chi connectivity index (χ0v) is 10.6. The van der Waals surface area contributed by atoms with Gasteiger partial charge in [0.2, 0.25) is 12.3 Å². The number of carbonyl (C=O) groups excluding carboxylic acids is 2. The summed E-state index contributed by atoms with van der Waals surface area (Å²) in [5, 5.41) is 13.7. The fourth-order valence-electron chi connectivity index (χ4n) is 1.40. The standard InChI is InChI=1S/C11H20N2O4/c1-6(2)8(12-5-14)10(15)13-9(7(3)4)11(16)17/h5-9H,1-4H3,(H,12,14)(H,13,15)(H,16,17). The average Bonchev–Trinajstić information content (AvgIpc) is 2.20. The van der Waals surface area contributed by atoms with Gasteiger partial charge < -0.3 is 15.7 Å². The molecule has 0 rings (SSSR count). The Morgan fingerprint density at radius 3 is 1.82 bits per heavy atom. The molecule has 0 radical (unpaired) electrons. The summed E-state index contributed by atoms with van der Waals surface area (Å²) in [6.45, 7) is 6.95. The van der Waals surface area contributed by atoms with E-state index in [4.69, 9.17) is 5.11 Å². The highest BCUT2D eigenvalue weighted by Gasteiger charge is 2.28. The molecule has 2 unspecified atom stereocenters. The molecule has 0 aliphatic heterocycles. The lowest BCUT2D eigenvalue weighted by molar-refractivity contribution is -0.143. The third-order valence-corrected chi connectivity index (χ3v) is 2.43. The monoisotopic (exact) mass is 244 g/mol. The number of carboxylic acids is 1. The van der Waals surface area contributed by atoms with Gasteiger partial charge in [-0.15, -0.1) is 0 Å². The Labute approximate surface area is 101 Å². The molecule has 2 amide bonds. The van der Waals surface area contributed by atoms with E-state index >= 15 is 0 Å². The van der Waals surface area contributed by atoms with Crippen LogP contribution in [-0.4, -0.2) is 35.5 Å². The highest BCUT2D eigenvalue weighted by molar-refractivity contribution is 5.88. The van der Waals surface area contributed by atoms with Gasteiger partial charge in [0.25, 0.3) is 0 Å². The molecular formula is C11H20N2O4. The van der Waals surface area contributed by atoms with Crippen molar-refractivity contribution in [3.63, 3.8) is 0 Å². The molecule has 2 atom stereocenters. The second-order valence-electron chi connectivity index (χ2n) is 4.57. The Kier molecular flexibility index (Phi) is 6.23. The van der Waals surface area contributed by atoms with E-state index in [9.17, 15) is 14.4 Å². The van der Waals surface area contributed by atoms with Crippen LogP contribution < -0.4 is 10.6 Å². The summed E-state index contributed by atoms with van der Waals surface area (Å²) in [6.07, 6.45) is 0.440. The zero-order chi connectivity index (χ0) is 13.6. The van der Waals surface area contributed by atoms with Crippen molar-refractivity contribution in [2.24, 2.45) is 11.8 Å². The number of aliphatic carboxylic acids is 1. The predicted molar refractivity (Wildman–Crippen MR) is 62.2 cm³/mol. The number of hydrogen-bond donors (Lipinski definition) is 3. The van der Waals surface area contributed by atoms with Crippen molar-refractivity contribution in [1.29, 1.82) is 0 Å². The number of nitrogens with one attached hydrogen (secondary N) is 2. The van der Waals surface area contributed by atoms with Crippen LogP contribution in [0.1, 0.15) is 27.7 Å². The van der Waals surface area contributed by atoms with Crippen molar-refractivity contribution in [3.05, 3.63) is 0 Å². The Morgan fingerprint density at radius 2 is 1.53 bits per heavy atom. The van der Waals surface area contributed by atoms with Gasteiger partial charge in [0, 0.05) is 0 Å². The molecule has 0 aromatic carbocycles. The van der Waals surface area contributed by atoms with Crippen molar-refractivity contribution in [2.75, 3.05) is 0 Å². The third-order valence-electron chi connectivity index (χ3n) is 2.43. The average molecular weight is 244 g/mol. The Morgan fingerprint density at radius 1 is 1.06 bits per heavy atom. The predicted octanol–water partition coefficient (Wildman–Crippen LogP) is -0.0176. The van der Waals surface area contributed by atoms with E-state index in [2.05, 4.69) is 10.6 Å². The Hall–Kier alpha value is -1.59. The maximum atomic E-state index is 11.8. The molecule has 98 valence electrons. The fraction of sp³-hybridized carbons (Fsp3) is 0.727. The van der Waals surface area contributed by atoms with Gasteiger partial charge in [-0.1, -0.05) is 27.7 Å². The Bertz CT molecular complexity index is 289. The minimum atomic E-state index is -1.08. The van der Waals surface area contributed by atoms with Crippen molar-refractivity contribution >= 4 is 18.3 Å². The zero-order valence-electron chi connectivity index (χ0n) is 10.6. The molecule has 0 aromatic rings. The summed E-state index contributed by atoms with van der Waals surface area (Å²) in [5.74, 6) is -1.89. The highest BCUT2D eigenvalue weighted by atomic mass is 16.4. The van der Waals surface area contributed by atoms with E-state index in [0.717, 1.165) is 0 Å². The van der Waals surface area contributed by atoms with Gasteiger partial charge >= 0.3 is 5.97 Å². The molecule has 6 nitrogen and oxygen atoms in total. The van der Waals surface area contributed by atoms with Crippen LogP contribution in [0.2, 0.25) is 0 Å². The molecule has 0 bridgehead atoms. The van der Waals surface area contributed by atoms with E-state index in [1.165, 1.54) is 0 Å². The first-order valence-corrected chi connectivity index (χ1v) is 5.54. The number of hydrogen-bond acceptors (Lipinski definition) is 3. The maximum absolute atomic E-state index is 11.8. The lowest BCUT2D eigenvalue weighted by Gasteiger charge is -2.24. The molecule has 0 aliphatic rings. The van der Waals surface area contributed by atoms with E-state index in [1.54, 1.807) is 27.7 Å². The van der Waals surface area contributed by atoms with E-state index in [0.29, 0.717) is 6.41 Å². The number of amides is 2. The van der Waals surface area contributed by atoms with Crippen LogP contribution in [0.3, 0.4) is 0 Å². The fourth-order valence-corrected chi connectivity index (χ4v) is 1.40. The SMILES string of the molecule is CC(C)C(NC(=O)C(NC=O)C(C)C)C(=O)O. The quantitative estimate of drug-likeness (QED) is 0.548. The van der Waals surface area contributed by atoms with Crippen molar-refractivity contribution in [1.82, 2.24) is 10.6 Å². The molecule has 0 aliphatic carbocycles. The summed E-state index contributed by atoms with van der Waals surface area (Å²) in [5.41, 5.74) is 0. The van der Waals surface area contributed by atoms with Crippen LogP contribution in [0.25, 0.3) is 0 Å². The molecule has 0 saturated heterocycles. The molecule has 3 N–H and O–H groups in total. The van der Waals surface area contributed by atoms with Crippen molar-refractivity contribution in [3.8, 4) is 0 Å². The maximum Gasteiger partial charge on any atom is 0.326 e. The minimum absolute atomic E-state index is 0.109. The Balaban J connectivity index is 4.67. The van der Waals surface area contributed by atoms with E-state index in [1.807, 2.05) is 0 Å². The lowest BCUT2D eigenvalue weighted by atomic mass is 10.0.